The van der Waals surface area contributed by atoms with Crippen molar-refractivity contribution in [3.63, 3.8) is 0 Å². The molecule has 0 saturated carbocycles. The first kappa shape index (κ1) is 17.4. The van der Waals surface area contributed by atoms with Gasteiger partial charge in [0.05, 0.1) is 5.41 Å². The second-order valence-electron chi connectivity index (χ2n) is 6.49. The third kappa shape index (κ3) is 4.53. The highest BCUT2D eigenvalue weighted by Crippen LogP contribution is 2.30. The molecule has 128 valence electrons. The minimum atomic E-state index is -0.829. The van der Waals surface area contributed by atoms with Gasteiger partial charge in [-0.1, -0.05) is 12.1 Å². The van der Waals surface area contributed by atoms with E-state index in [1.54, 1.807) is 11.8 Å². The minimum Gasteiger partial charge on any atom is -0.481 e. The number of rotatable bonds is 7. The lowest BCUT2D eigenvalue weighted by molar-refractivity contribution is -0.153. The van der Waals surface area contributed by atoms with E-state index < -0.39 is 11.4 Å². The number of aryl methyl sites for hydroxylation is 2. The predicted octanol–water partition coefficient (Wildman–Crippen LogP) is 2.06. The van der Waals surface area contributed by atoms with Crippen LogP contribution in [0, 0.1) is 5.41 Å². The fourth-order valence-electron chi connectivity index (χ4n) is 2.89. The molecule has 1 fully saturated rings. The van der Waals surface area contributed by atoms with Crippen LogP contribution >= 0.6 is 0 Å². The molecule has 1 N–H and O–H groups in total. The van der Waals surface area contributed by atoms with E-state index in [0.29, 0.717) is 50.5 Å². The topological polar surface area (TPSA) is 96.5 Å². The largest absolute Gasteiger partial charge is 0.481 e. The summed E-state index contributed by atoms with van der Waals surface area (Å²) >= 11 is 0. The number of hydrogen-bond donors (Lipinski definition) is 1. The van der Waals surface area contributed by atoms with Crippen LogP contribution in [0.15, 0.2) is 4.52 Å². The van der Waals surface area contributed by atoms with Crippen molar-refractivity contribution < 1.29 is 19.2 Å². The first-order chi connectivity index (χ1) is 10.9. The van der Waals surface area contributed by atoms with Crippen LogP contribution in [0.2, 0.25) is 0 Å². The third-order valence-electron chi connectivity index (χ3n) is 4.33. The number of aromatic nitrogens is 2. The van der Waals surface area contributed by atoms with Gasteiger partial charge in [0.25, 0.3) is 0 Å². The third-order valence-corrected chi connectivity index (χ3v) is 4.33. The summed E-state index contributed by atoms with van der Waals surface area (Å²) in [4.78, 5) is 29.6. The second kappa shape index (κ2) is 7.57. The van der Waals surface area contributed by atoms with Gasteiger partial charge in [0.2, 0.25) is 11.8 Å². The Morgan fingerprint density at radius 2 is 2.17 bits per heavy atom. The summed E-state index contributed by atoms with van der Waals surface area (Å²) in [5.74, 6) is 0.451. The molecular formula is C16H25N3O4. The van der Waals surface area contributed by atoms with Gasteiger partial charge < -0.3 is 14.5 Å². The van der Waals surface area contributed by atoms with E-state index >= 15 is 0 Å². The van der Waals surface area contributed by atoms with Crippen LogP contribution in [0.5, 0.6) is 0 Å². The van der Waals surface area contributed by atoms with E-state index in [-0.39, 0.29) is 5.91 Å². The van der Waals surface area contributed by atoms with E-state index in [2.05, 4.69) is 17.1 Å². The number of carboxylic acids is 1. The van der Waals surface area contributed by atoms with Crippen molar-refractivity contribution in [2.75, 3.05) is 13.1 Å². The van der Waals surface area contributed by atoms with Crippen LogP contribution in [0.25, 0.3) is 0 Å². The van der Waals surface area contributed by atoms with Gasteiger partial charge in [0.1, 0.15) is 0 Å². The highest BCUT2D eigenvalue weighted by atomic mass is 16.5. The molecule has 23 heavy (non-hydrogen) atoms. The molecule has 1 aliphatic rings. The Balaban J connectivity index is 1.79. The fraction of sp³-hybridized carbons (Fsp3) is 0.750. The first-order valence-corrected chi connectivity index (χ1v) is 8.27. The summed E-state index contributed by atoms with van der Waals surface area (Å²) < 4.78 is 5.15. The lowest BCUT2D eigenvalue weighted by Gasteiger charge is -2.37. The van der Waals surface area contributed by atoms with Gasteiger partial charge in [-0.2, -0.15) is 4.98 Å². The van der Waals surface area contributed by atoms with Crippen molar-refractivity contribution in [1.82, 2.24) is 15.0 Å². The monoisotopic (exact) mass is 323 g/mol. The van der Waals surface area contributed by atoms with Crippen LogP contribution in [0.4, 0.5) is 0 Å². The van der Waals surface area contributed by atoms with Crippen molar-refractivity contribution in [1.29, 1.82) is 0 Å². The molecule has 0 spiro atoms. The summed E-state index contributed by atoms with van der Waals surface area (Å²) in [6.07, 6.45) is 4.70. The van der Waals surface area contributed by atoms with Gasteiger partial charge in [-0.15, -0.1) is 0 Å². The Morgan fingerprint density at radius 3 is 2.87 bits per heavy atom. The maximum Gasteiger partial charge on any atom is 0.311 e. The molecule has 7 heteroatoms. The molecule has 1 saturated heterocycles. The number of amides is 1. The summed E-state index contributed by atoms with van der Waals surface area (Å²) in [6.45, 7) is 4.70. The lowest BCUT2D eigenvalue weighted by atomic mass is 9.82. The van der Waals surface area contributed by atoms with E-state index in [0.717, 1.165) is 19.3 Å². The quantitative estimate of drug-likeness (QED) is 0.825. The molecule has 1 aliphatic heterocycles. The number of aliphatic carboxylic acids is 1. The maximum atomic E-state index is 12.3. The molecule has 2 heterocycles. The maximum absolute atomic E-state index is 12.3. The molecule has 0 radical (unpaired) electrons. The molecule has 0 aliphatic carbocycles. The Hall–Kier alpha value is -1.92. The zero-order valence-electron chi connectivity index (χ0n) is 13.9. The molecule has 1 aromatic heterocycles. The zero-order chi connectivity index (χ0) is 16.9. The number of carbonyl (C=O) groups excluding carboxylic acids is 1. The Bertz CT molecular complexity index is 557. The van der Waals surface area contributed by atoms with E-state index in [1.807, 2.05) is 0 Å². The lowest BCUT2D eigenvalue weighted by Crippen LogP contribution is -2.48. The number of carbonyl (C=O) groups is 2. The summed E-state index contributed by atoms with van der Waals surface area (Å²) in [5.41, 5.74) is -0.824. The number of piperidine rings is 1. The average molecular weight is 323 g/mol. The van der Waals surface area contributed by atoms with Gasteiger partial charge in [-0.05, 0) is 32.6 Å². The van der Waals surface area contributed by atoms with Crippen LogP contribution < -0.4 is 0 Å². The Labute approximate surface area is 136 Å². The summed E-state index contributed by atoms with van der Waals surface area (Å²) in [5, 5.41) is 13.2. The van der Waals surface area contributed by atoms with Crippen LogP contribution in [0.1, 0.15) is 57.7 Å². The van der Waals surface area contributed by atoms with Crippen molar-refractivity contribution in [3.05, 3.63) is 11.7 Å². The molecule has 1 aromatic rings. The minimum absolute atomic E-state index is 0.00507. The van der Waals surface area contributed by atoms with E-state index in [9.17, 15) is 14.7 Å². The highest BCUT2D eigenvalue weighted by molar-refractivity contribution is 5.79. The Kier molecular flexibility index (Phi) is 5.74. The van der Waals surface area contributed by atoms with E-state index in [1.165, 1.54) is 0 Å². The van der Waals surface area contributed by atoms with E-state index in [4.69, 9.17) is 4.52 Å². The molecule has 0 bridgehead atoms. The SMILES string of the molecule is CCCc1noc(CCCC(=O)N2CCCC(C)(C(=O)O)C2)n1. The zero-order valence-corrected chi connectivity index (χ0v) is 13.9. The summed E-state index contributed by atoms with van der Waals surface area (Å²) in [7, 11) is 0. The predicted molar refractivity (Wildman–Crippen MR) is 82.8 cm³/mol. The number of carboxylic acid groups (broad SMARTS) is 1. The van der Waals surface area contributed by atoms with Crippen LogP contribution in [0.3, 0.4) is 0 Å². The molecule has 1 atom stereocenters. The highest BCUT2D eigenvalue weighted by Gasteiger charge is 2.39. The molecular weight excluding hydrogens is 298 g/mol. The van der Waals surface area contributed by atoms with Crippen molar-refractivity contribution >= 4 is 11.9 Å². The van der Waals surface area contributed by atoms with Crippen LogP contribution in [-0.4, -0.2) is 45.1 Å². The number of hydrogen-bond acceptors (Lipinski definition) is 5. The van der Waals surface area contributed by atoms with Gasteiger partial charge in [-0.3, -0.25) is 9.59 Å². The molecule has 1 unspecified atom stereocenters. The number of likely N-dealkylation sites (tertiary alicyclic amines) is 1. The van der Waals surface area contributed by atoms with Gasteiger partial charge in [-0.25, -0.2) is 0 Å². The average Bonchev–Trinajstić information content (AvgIpc) is 2.95. The fourth-order valence-corrected chi connectivity index (χ4v) is 2.89. The normalized spacial score (nSPS) is 21.4. The molecule has 1 amide bonds. The van der Waals surface area contributed by atoms with Crippen molar-refractivity contribution in [2.24, 2.45) is 5.41 Å². The number of nitrogens with zero attached hydrogens (tertiary/aromatic N) is 3. The van der Waals surface area contributed by atoms with Gasteiger partial charge >= 0.3 is 5.97 Å². The standard InChI is InChI=1S/C16H25N3O4/c1-3-6-12-17-13(23-18-12)7-4-8-14(20)19-10-5-9-16(2,11-19)15(21)22/h3-11H2,1-2H3,(H,21,22). The van der Waals surface area contributed by atoms with Crippen molar-refractivity contribution in [3.8, 4) is 0 Å². The Morgan fingerprint density at radius 1 is 1.39 bits per heavy atom. The van der Waals surface area contributed by atoms with Gasteiger partial charge in [0, 0.05) is 32.4 Å². The molecule has 7 nitrogen and oxygen atoms in total. The smallest absolute Gasteiger partial charge is 0.311 e. The van der Waals surface area contributed by atoms with Gasteiger partial charge in [0.15, 0.2) is 5.82 Å². The second-order valence-corrected chi connectivity index (χ2v) is 6.49. The van der Waals surface area contributed by atoms with Crippen molar-refractivity contribution in [2.45, 2.75) is 58.8 Å². The molecule has 0 aromatic carbocycles. The summed E-state index contributed by atoms with van der Waals surface area (Å²) in [6, 6.07) is 0. The first-order valence-electron chi connectivity index (χ1n) is 8.27. The molecule has 2 rings (SSSR count). The van der Waals surface area contributed by atoms with Crippen LogP contribution in [-0.2, 0) is 22.4 Å².